The van der Waals surface area contributed by atoms with Crippen LogP contribution in [0.3, 0.4) is 0 Å². The number of rotatable bonds is 5. The summed E-state index contributed by atoms with van der Waals surface area (Å²) in [6.07, 6.45) is 7.62. The lowest BCUT2D eigenvalue weighted by atomic mass is 10.1. The van der Waals surface area contributed by atoms with Gasteiger partial charge in [-0.25, -0.2) is 0 Å². The number of nitrogens with zero attached hydrogens (tertiary/aromatic N) is 3. The molecule has 0 N–H and O–H groups in total. The van der Waals surface area contributed by atoms with Crippen LogP contribution >= 0.6 is 0 Å². The molecular weight excluding hydrogens is 306 g/mol. The van der Waals surface area contributed by atoms with Crippen molar-refractivity contribution >= 4 is 5.57 Å². The van der Waals surface area contributed by atoms with Crippen LogP contribution in [0.4, 0.5) is 0 Å². The normalized spacial score (nSPS) is 11.8. The van der Waals surface area contributed by atoms with Crippen molar-refractivity contribution in [1.29, 1.82) is 0 Å². The SMILES string of the molecule is C=C/C=C\C=C(/C)c1nnc(-c2ccc(C)cc2)n1-c1ccccc1. The molecule has 3 rings (SSSR count). The van der Waals surface area contributed by atoms with Gasteiger partial charge in [0.2, 0.25) is 0 Å². The Balaban J connectivity index is 2.17. The molecule has 0 aliphatic rings. The van der Waals surface area contributed by atoms with Gasteiger partial charge in [0, 0.05) is 11.3 Å². The summed E-state index contributed by atoms with van der Waals surface area (Å²) in [7, 11) is 0. The average Bonchev–Trinajstić information content (AvgIpc) is 3.08. The van der Waals surface area contributed by atoms with E-state index in [1.54, 1.807) is 6.08 Å². The van der Waals surface area contributed by atoms with E-state index in [0.717, 1.165) is 28.5 Å². The van der Waals surface area contributed by atoms with Gasteiger partial charge in [-0.05, 0) is 31.6 Å². The molecule has 3 aromatic rings. The van der Waals surface area contributed by atoms with E-state index in [9.17, 15) is 0 Å². The molecule has 1 heterocycles. The molecule has 124 valence electrons. The molecule has 0 bridgehead atoms. The molecule has 3 nitrogen and oxygen atoms in total. The Morgan fingerprint density at radius 2 is 1.68 bits per heavy atom. The first kappa shape index (κ1) is 16.7. The van der Waals surface area contributed by atoms with E-state index in [2.05, 4.69) is 64.7 Å². The summed E-state index contributed by atoms with van der Waals surface area (Å²) in [5.74, 6) is 1.66. The van der Waals surface area contributed by atoms with Crippen molar-refractivity contribution in [2.24, 2.45) is 0 Å². The maximum Gasteiger partial charge on any atom is 0.168 e. The average molecular weight is 327 g/mol. The third-order valence-electron chi connectivity index (χ3n) is 3.93. The largest absolute Gasteiger partial charge is 0.275 e. The van der Waals surface area contributed by atoms with E-state index in [-0.39, 0.29) is 0 Å². The Morgan fingerprint density at radius 1 is 0.960 bits per heavy atom. The predicted molar refractivity (Wildman–Crippen MR) is 105 cm³/mol. The molecule has 0 fully saturated rings. The zero-order chi connectivity index (χ0) is 17.6. The number of para-hydroxylation sites is 1. The van der Waals surface area contributed by atoms with Gasteiger partial charge in [-0.3, -0.25) is 4.57 Å². The lowest BCUT2D eigenvalue weighted by Gasteiger charge is -2.11. The van der Waals surface area contributed by atoms with Crippen molar-refractivity contribution in [2.75, 3.05) is 0 Å². The standard InChI is InChI=1S/C22H21N3/c1-4-5-7-10-18(3)21-23-24-22(19-15-13-17(2)14-16-19)25(21)20-11-8-6-9-12-20/h4-16H,1H2,2-3H3/b7-5-,18-10+. The minimum atomic E-state index is 0.829. The number of allylic oxidation sites excluding steroid dienone is 5. The molecule has 0 aliphatic carbocycles. The van der Waals surface area contributed by atoms with Crippen molar-refractivity contribution in [3.8, 4) is 17.1 Å². The Labute approximate surface area is 148 Å². The van der Waals surface area contributed by atoms with Crippen molar-refractivity contribution in [3.63, 3.8) is 0 Å². The summed E-state index contributed by atoms with van der Waals surface area (Å²) in [5, 5.41) is 8.92. The summed E-state index contributed by atoms with van der Waals surface area (Å²) < 4.78 is 2.10. The van der Waals surface area contributed by atoms with Crippen LogP contribution in [0.2, 0.25) is 0 Å². The second kappa shape index (κ2) is 7.58. The first-order valence-corrected chi connectivity index (χ1v) is 8.25. The molecule has 0 unspecified atom stereocenters. The first-order chi connectivity index (χ1) is 12.2. The van der Waals surface area contributed by atoms with Crippen molar-refractivity contribution < 1.29 is 0 Å². The minimum Gasteiger partial charge on any atom is -0.275 e. The predicted octanol–water partition coefficient (Wildman–Crippen LogP) is 5.39. The molecule has 0 radical (unpaired) electrons. The smallest absolute Gasteiger partial charge is 0.168 e. The van der Waals surface area contributed by atoms with E-state index >= 15 is 0 Å². The molecular formula is C22H21N3. The summed E-state index contributed by atoms with van der Waals surface area (Å²) in [6.45, 7) is 7.81. The fourth-order valence-electron chi connectivity index (χ4n) is 2.60. The topological polar surface area (TPSA) is 30.7 Å². The molecule has 0 atom stereocenters. The molecule has 2 aromatic carbocycles. The minimum absolute atomic E-state index is 0.829. The zero-order valence-electron chi connectivity index (χ0n) is 14.6. The number of benzene rings is 2. The van der Waals surface area contributed by atoms with Gasteiger partial charge in [0.1, 0.15) is 0 Å². The number of aryl methyl sites for hydroxylation is 1. The highest BCUT2D eigenvalue weighted by atomic mass is 15.3. The third kappa shape index (κ3) is 3.66. The van der Waals surface area contributed by atoms with Crippen molar-refractivity contribution in [2.45, 2.75) is 13.8 Å². The van der Waals surface area contributed by atoms with Crippen LogP contribution in [0.1, 0.15) is 18.3 Å². The fraction of sp³-hybridized carbons (Fsp3) is 0.0909. The van der Waals surface area contributed by atoms with Gasteiger partial charge >= 0.3 is 0 Å². The van der Waals surface area contributed by atoms with Crippen LogP contribution in [0.25, 0.3) is 22.6 Å². The van der Waals surface area contributed by atoms with E-state index in [0.29, 0.717) is 0 Å². The van der Waals surface area contributed by atoms with Crippen LogP contribution < -0.4 is 0 Å². The third-order valence-corrected chi connectivity index (χ3v) is 3.93. The van der Waals surface area contributed by atoms with E-state index < -0.39 is 0 Å². The molecule has 0 amide bonds. The first-order valence-electron chi connectivity index (χ1n) is 8.25. The zero-order valence-corrected chi connectivity index (χ0v) is 14.6. The van der Waals surface area contributed by atoms with E-state index in [4.69, 9.17) is 0 Å². The molecule has 0 saturated carbocycles. The Kier molecular flexibility index (Phi) is 5.05. The second-order valence-corrected chi connectivity index (χ2v) is 5.85. The molecule has 1 aromatic heterocycles. The molecule has 0 saturated heterocycles. The lowest BCUT2D eigenvalue weighted by molar-refractivity contribution is 1.02. The Morgan fingerprint density at radius 3 is 2.36 bits per heavy atom. The fourth-order valence-corrected chi connectivity index (χ4v) is 2.60. The quantitative estimate of drug-likeness (QED) is 0.588. The van der Waals surface area contributed by atoms with Gasteiger partial charge in [-0.1, -0.05) is 78.9 Å². The van der Waals surface area contributed by atoms with Gasteiger partial charge < -0.3 is 0 Å². The van der Waals surface area contributed by atoms with Gasteiger partial charge in [0.15, 0.2) is 11.6 Å². The van der Waals surface area contributed by atoms with Crippen LogP contribution in [-0.2, 0) is 0 Å². The van der Waals surface area contributed by atoms with E-state index in [1.807, 2.05) is 43.4 Å². The van der Waals surface area contributed by atoms with Crippen molar-refractivity contribution in [1.82, 2.24) is 14.8 Å². The van der Waals surface area contributed by atoms with Gasteiger partial charge in [-0.2, -0.15) is 0 Å². The summed E-state index contributed by atoms with van der Waals surface area (Å²) in [5.41, 5.74) is 4.34. The number of hydrogen-bond acceptors (Lipinski definition) is 2. The molecule has 3 heteroatoms. The number of aromatic nitrogens is 3. The maximum atomic E-state index is 4.47. The molecule has 25 heavy (non-hydrogen) atoms. The van der Waals surface area contributed by atoms with Crippen LogP contribution in [0.5, 0.6) is 0 Å². The number of hydrogen-bond donors (Lipinski definition) is 0. The summed E-state index contributed by atoms with van der Waals surface area (Å²) in [4.78, 5) is 0. The highest BCUT2D eigenvalue weighted by Crippen LogP contribution is 2.26. The summed E-state index contributed by atoms with van der Waals surface area (Å²) in [6, 6.07) is 18.5. The lowest BCUT2D eigenvalue weighted by Crippen LogP contribution is -2.02. The second-order valence-electron chi connectivity index (χ2n) is 5.85. The Hall–Kier alpha value is -3.20. The van der Waals surface area contributed by atoms with Crippen LogP contribution in [-0.4, -0.2) is 14.8 Å². The van der Waals surface area contributed by atoms with Crippen LogP contribution in [0.15, 0.2) is 85.5 Å². The van der Waals surface area contributed by atoms with E-state index in [1.165, 1.54) is 5.56 Å². The molecule has 0 aliphatic heterocycles. The Bertz CT molecular complexity index is 914. The van der Waals surface area contributed by atoms with Crippen LogP contribution in [0, 0.1) is 6.92 Å². The summed E-state index contributed by atoms with van der Waals surface area (Å²) >= 11 is 0. The highest BCUT2D eigenvalue weighted by Gasteiger charge is 2.16. The van der Waals surface area contributed by atoms with Gasteiger partial charge in [-0.15, -0.1) is 10.2 Å². The van der Waals surface area contributed by atoms with Crippen molar-refractivity contribution in [3.05, 3.63) is 96.9 Å². The monoisotopic (exact) mass is 327 g/mol. The maximum absolute atomic E-state index is 4.47. The highest BCUT2D eigenvalue weighted by molar-refractivity contribution is 5.67. The molecule has 0 spiro atoms. The van der Waals surface area contributed by atoms with Gasteiger partial charge in [0.25, 0.3) is 0 Å². The van der Waals surface area contributed by atoms with Gasteiger partial charge in [0.05, 0.1) is 0 Å².